The standard InChI is InChI=1S/C14H17NS/c1-16-12-7-5-11(6-8-12)15-14-9-10-3-2-4-13(10)14/h2,4-8,10,13-15H,3,9H2,1H3. The summed E-state index contributed by atoms with van der Waals surface area (Å²) in [5.74, 6) is 1.73. The highest BCUT2D eigenvalue weighted by Crippen LogP contribution is 2.44. The van der Waals surface area contributed by atoms with Gasteiger partial charge in [-0.25, -0.2) is 0 Å². The summed E-state index contributed by atoms with van der Waals surface area (Å²) in [5, 5.41) is 3.64. The second-order valence-corrected chi connectivity index (χ2v) is 5.60. The lowest BCUT2D eigenvalue weighted by Gasteiger charge is -2.41. The maximum atomic E-state index is 3.64. The van der Waals surface area contributed by atoms with E-state index in [0.29, 0.717) is 6.04 Å². The van der Waals surface area contributed by atoms with Crippen LogP contribution >= 0.6 is 11.8 Å². The minimum Gasteiger partial charge on any atom is -0.382 e. The van der Waals surface area contributed by atoms with E-state index in [1.54, 1.807) is 11.8 Å². The monoisotopic (exact) mass is 231 g/mol. The second kappa shape index (κ2) is 4.17. The molecule has 0 bridgehead atoms. The van der Waals surface area contributed by atoms with Gasteiger partial charge in [0, 0.05) is 22.5 Å². The Bertz CT molecular complexity index is 396. The molecular formula is C14H17NS. The average molecular weight is 231 g/mol. The maximum Gasteiger partial charge on any atom is 0.0343 e. The largest absolute Gasteiger partial charge is 0.382 e. The predicted octanol–water partition coefficient (Wildman–Crippen LogP) is 3.79. The number of hydrogen-bond acceptors (Lipinski definition) is 2. The van der Waals surface area contributed by atoms with E-state index in [1.807, 2.05) is 0 Å². The fourth-order valence-electron chi connectivity index (χ4n) is 2.78. The van der Waals surface area contributed by atoms with Crippen LogP contribution in [0.1, 0.15) is 12.8 Å². The van der Waals surface area contributed by atoms with Crippen molar-refractivity contribution in [2.24, 2.45) is 11.8 Å². The van der Waals surface area contributed by atoms with Gasteiger partial charge in [-0.15, -0.1) is 11.8 Å². The normalized spacial score (nSPS) is 30.9. The van der Waals surface area contributed by atoms with E-state index in [-0.39, 0.29) is 0 Å². The Labute approximate surface area is 101 Å². The third-order valence-electron chi connectivity index (χ3n) is 3.80. The van der Waals surface area contributed by atoms with Crippen LogP contribution in [0.25, 0.3) is 0 Å². The Balaban J connectivity index is 1.64. The topological polar surface area (TPSA) is 12.0 Å². The van der Waals surface area contributed by atoms with Crippen LogP contribution in [-0.4, -0.2) is 12.3 Å². The Morgan fingerprint density at radius 3 is 2.75 bits per heavy atom. The molecule has 1 nitrogen and oxygen atoms in total. The van der Waals surface area contributed by atoms with Gasteiger partial charge in [-0.3, -0.25) is 0 Å². The van der Waals surface area contributed by atoms with Crippen molar-refractivity contribution in [1.82, 2.24) is 0 Å². The number of benzene rings is 1. The molecule has 3 atom stereocenters. The Hall–Kier alpha value is -0.890. The zero-order valence-corrected chi connectivity index (χ0v) is 10.3. The molecule has 2 aliphatic carbocycles. The lowest BCUT2D eigenvalue weighted by atomic mass is 9.71. The van der Waals surface area contributed by atoms with E-state index >= 15 is 0 Å². The van der Waals surface area contributed by atoms with Gasteiger partial charge in [0.25, 0.3) is 0 Å². The van der Waals surface area contributed by atoms with E-state index in [9.17, 15) is 0 Å². The molecule has 1 saturated carbocycles. The number of anilines is 1. The summed E-state index contributed by atoms with van der Waals surface area (Å²) < 4.78 is 0. The molecule has 2 aliphatic rings. The molecule has 0 radical (unpaired) electrons. The first-order valence-corrected chi connectivity index (χ1v) is 7.16. The van der Waals surface area contributed by atoms with Crippen molar-refractivity contribution in [3.8, 4) is 0 Å². The van der Waals surface area contributed by atoms with Crippen LogP contribution < -0.4 is 5.32 Å². The molecule has 3 rings (SSSR count). The number of thioether (sulfide) groups is 1. The summed E-state index contributed by atoms with van der Waals surface area (Å²) in [7, 11) is 0. The summed E-state index contributed by atoms with van der Waals surface area (Å²) in [4.78, 5) is 1.33. The van der Waals surface area contributed by atoms with Crippen molar-refractivity contribution in [2.75, 3.05) is 11.6 Å². The molecule has 0 heterocycles. The van der Waals surface area contributed by atoms with Gasteiger partial charge in [0.05, 0.1) is 0 Å². The highest BCUT2D eigenvalue weighted by Gasteiger charge is 2.40. The van der Waals surface area contributed by atoms with Crippen LogP contribution in [0.2, 0.25) is 0 Å². The molecule has 84 valence electrons. The average Bonchev–Trinajstić information content (AvgIpc) is 2.68. The molecular weight excluding hydrogens is 214 g/mol. The lowest BCUT2D eigenvalue weighted by molar-refractivity contribution is 0.218. The number of hydrogen-bond donors (Lipinski definition) is 1. The molecule has 0 aliphatic heterocycles. The minimum absolute atomic E-state index is 0.670. The van der Waals surface area contributed by atoms with Crippen LogP contribution in [0.5, 0.6) is 0 Å². The van der Waals surface area contributed by atoms with Gasteiger partial charge in [0.15, 0.2) is 0 Å². The minimum atomic E-state index is 0.670. The summed E-state index contributed by atoms with van der Waals surface area (Å²) in [6.45, 7) is 0. The number of nitrogens with one attached hydrogen (secondary N) is 1. The van der Waals surface area contributed by atoms with Gasteiger partial charge in [0.2, 0.25) is 0 Å². The highest BCUT2D eigenvalue weighted by molar-refractivity contribution is 7.98. The van der Waals surface area contributed by atoms with Gasteiger partial charge >= 0.3 is 0 Å². The summed E-state index contributed by atoms with van der Waals surface area (Å²) in [6, 6.07) is 9.43. The molecule has 3 unspecified atom stereocenters. The van der Waals surface area contributed by atoms with E-state index in [2.05, 4.69) is 48.0 Å². The Morgan fingerprint density at radius 2 is 2.06 bits per heavy atom. The fourth-order valence-corrected chi connectivity index (χ4v) is 3.19. The number of allylic oxidation sites excluding steroid dienone is 1. The zero-order valence-electron chi connectivity index (χ0n) is 9.52. The Morgan fingerprint density at radius 1 is 1.25 bits per heavy atom. The first-order chi connectivity index (χ1) is 7.86. The van der Waals surface area contributed by atoms with Crippen LogP contribution in [0.4, 0.5) is 5.69 Å². The summed E-state index contributed by atoms with van der Waals surface area (Å²) in [6.07, 6.45) is 9.48. The molecule has 16 heavy (non-hydrogen) atoms. The molecule has 1 fully saturated rings. The van der Waals surface area contributed by atoms with Crippen molar-refractivity contribution in [3.05, 3.63) is 36.4 Å². The van der Waals surface area contributed by atoms with Gasteiger partial charge in [-0.05, 0) is 49.3 Å². The van der Waals surface area contributed by atoms with Gasteiger partial charge in [-0.2, -0.15) is 0 Å². The molecule has 1 aromatic rings. The first kappa shape index (κ1) is 10.3. The third kappa shape index (κ3) is 1.75. The van der Waals surface area contributed by atoms with Gasteiger partial charge in [0.1, 0.15) is 0 Å². The van der Waals surface area contributed by atoms with E-state index in [1.165, 1.54) is 23.4 Å². The predicted molar refractivity (Wildman–Crippen MR) is 71.0 cm³/mol. The second-order valence-electron chi connectivity index (χ2n) is 4.72. The number of fused-ring (bicyclic) bond motifs is 1. The molecule has 0 amide bonds. The van der Waals surface area contributed by atoms with Crippen LogP contribution in [-0.2, 0) is 0 Å². The molecule has 1 N–H and O–H groups in total. The maximum absolute atomic E-state index is 3.64. The van der Waals surface area contributed by atoms with Gasteiger partial charge < -0.3 is 5.32 Å². The fraction of sp³-hybridized carbons (Fsp3) is 0.429. The van der Waals surface area contributed by atoms with Crippen molar-refractivity contribution < 1.29 is 0 Å². The molecule has 2 heteroatoms. The number of rotatable bonds is 3. The quantitative estimate of drug-likeness (QED) is 0.627. The zero-order chi connectivity index (χ0) is 11.0. The lowest BCUT2D eigenvalue weighted by Crippen LogP contribution is -2.43. The van der Waals surface area contributed by atoms with Crippen molar-refractivity contribution >= 4 is 17.4 Å². The van der Waals surface area contributed by atoms with Crippen molar-refractivity contribution in [3.63, 3.8) is 0 Å². The molecule has 1 aromatic carbocycles. The smallest absolute Gasteiger partial charge is 0.0343 e. The molecule has 0 spiro atoms. The van der Waals surface area contributed by atoms with E-state index < -0.39 is 0 Å². The summed E-state index contributed by atoms with van der Waals surface area (Å²) in [5.41, 5.74) is 1.27. The third-order valence-corrected chi connectivity index (χ3v) is 4.55. The van der Waals surface area contributed by atoms with Crippen molar-refractivity contribution in [2.45, 2.75) is 23.8 Å². The van der Waals surface area contributed by atoms with Crippen molar-refractivity contribution in [1.29, 1.82) is 0 Å². The SMILES string of the molecule is CSc1ccc(NC2CC3CC=CC32)cc1. The van der Waals surface area contributed by atoms with Crippen LogP contribution in [0.15, 0.2) is 41.3 Å². The molecule has 0 saturated heterocycles. The van der Waals surface area contributed by atoms with E-state index in [4.69, 9.17) is 0 Å². The Kier molecular flexibility index (Phi) is 2.68. The molecule has 0 aromatic heterocycles. The first-order valence-electron chi connectivity index (χ1n) is 5.94. The van der Waals surface area contributed by atoms with Crippen LogP contribution in [0.3, 0.4) is 0 Å². The van der Waals surface area contributed by atoms with Crippen LogP contribution in [0, 0.1) is 11.8 Å². The summed E-state index contributed by atoms with van der Waals surface area (Å²) >= 11 is 1.79. The highest BCUT2D eigenvalue weighted by atomic mass is 32.2. The van der Waals surface area contributed by atoms with E-state index in [0.717, 1.165) is 11.8 Å². The van der Waals surface area contributed by atoms with Gasteiger partial charge in [-0.1, -0.05) is 12.2 Å².